The van der Waals surface area contributed by atoms with Gasteiger partial charge in [0.2, 0.25) is 0 Å². The summed E-state index contributed by atoms with van der Waals surface area (Å²) in [5.41, 5.74) is 3.82. The monoisotopic (exact) mass is 477 g/mol. The molecule has 0 unspecified atom stereocenters. The van der Waals surface area contributed by atoms with Crippen LogP contribution in [0.3, 0.4) is 0 Å². The van der Waals surface area contributed by atoms with E-state index in [0.717, 1.165) is 69.0 Å². The molecule has 2 aliphatic carbocycles. The Labute approximate surface area is 196 Å². The number of hydrogen-bond acceptors (Lipinski definition) is 3. The average Bonchev–Trinajstić information content (AvgIpc) is 2.79. The number of hydrogen-bond donors (Lipinski definition) is 2. The number of allylic oxidation sites excluding steroid dienone is 1. The molecule has 1 heterocycles. The molecule has 0 atom stereocenters. The quantitative estimate of drug-likeness (QED) is 0.554. The maximum Gasteiger partial charge on any atom is 0.416 e. The molecule has 176 valence electrons. The summed E-state index contributed by atoms with van der Waals surface area (Å²) < 4.78 is 39.0. The zero-order chi connectivity index (χ0) is 23.6. The van der Waals surface area contributed by atoms with E-state index in [1.54, 1.807) is 0 Å². The fourth-order valence-corrected chi connectivity index (χ4v) is 4.87. The number of alkyl halides is 3. The van der Waals surface area contributed by atoms with E-state index in [4.69, 9.17) is 11.6 Å². The molecule has 0 radical (unpaired) electrons. The van der Waals surface area contributed by atoms with Gasteiger partial charge in [-0.25, -0.2) is 0 Å². The Morgan fingerprint density at radius 1 is 1.15 bits per heavy atom. The fraction of sp³-hybridized carbons (Fsp3) is 0.440. The molecule has 1 fully saturated rings. The zero-order valence-corrected chi connectivity index (χ0v) is 19.2. The Balaban J connectivity index is 1.31. The second-order valence-corrected chi connectivity index (χ2v) is 9.32. The number of carbonyl (C=O) groups is 1. The van der Waals surface area contributed by atoms with Crippen LogP contribution in [0.25, 0.3) is 5.70 Å². The minimum atomic E-state index is -4.52. The third-order valence-electron chi connectivity index (χ3n) is 6.61. The Morgan fingerprint density at radius 3 is 2.64 bits per heavy atom. The third kappa shape index (κ3) is 5.52. The lowest BCUT2D eigenvalue weighted by atomic mass is 9.85. The number of amides is 1. The zero-order valence-electron chi connectivity index (χ0n) is 18.4. The first-order valence-electron chi connectivity index (χ1n) is 11.3. The van der Waals surface area contributed by atoms with Crippen LogP contribution in [-0.4, -0.2) is 23.5 Å². The van der Waals surface area contributed by atoms with E-state index < -0.39 is 17.6 Å². The third-order valence-corrected chi connectivity index (χ3v) is 6.94. The molecule has 0 bridgehead atoms. The molecule has 8 heteroatoms. The Morgan fingerprint density at radius 2 is 1.91 bits per heavy atom. The number of aryl methyl sites for hydroxylation is 1. The first kappa shape index (κ1) is 23.6. The summed E-state index contributed by atoms with van der Waals surface area (Å²) in [6, 6.07) is 6.83. The van der Waals surface area contributed by atoms with Gasteiger partial charge in [0.1, 0.15) is 0 Å². The molecular weight excluding hydrogens is 451 g/mol. The summed E-state index contributed by atoms with van der Waals surface area (Å²) in [6.07, 6.45) is 2.71. The smallest absolute Gasteiger partial charge is 0.384 e. The van der Waals surface area contributed by atoms with Gasteiger partial charge < -0.3 is 10.6 Å². The minimum absolute atomic E-state index is 0.0179. The summed E-state index contributed by atoms with van der Waals surface area (Å²) in [5, 5.41) is 6.52. The number of aromatic nitrogens is 1. The second-order valence-electron chi connectivity index (χ2n) is 8.92. The van der Waals surface area contributed by atoms with Gasteiger partial charge in [-0.15, -0.1) is 0 Å². The number of benzene rings is 1. The molecule has 2 N–H and O–H groups in total. The molecule has 1 amide bonds. The maximum atomic E-state index is 13.0. The molecule has 33 heavy (non-hydrogen) atoms. The van der Waals surface area contributed by atoms with Crippen LogP contribution in [0.2, 0.25) is 5.02 Å². The van der Waals surface area contributed by atoms with E-state index in [1.165, 1.54) is 16.8 Å². The standard InChI is InChI=1S/C25H27ClF3N3O/c1-15-4-11-22-19(3-2-12-30-22)23(15)31-14-16-5-8-18(9-6-16)32-24(33)20-13-17(25(27,28)29)7-10-21(20)26/h2-3,7,10,12-13,16,18,31H,4-6,8-9,11,14H2,1H3,(H,32,33). The molecule has 1 aromatic carbocycles. The highest BCUT2D eigenvalue weighted by Crippen LogP contribution is 2.33. The van der Waals surface area contributed by atoms with Crippen LogP contribution in [0.4, 0.5) is 13.2 Å². The largest absolute Gasteiger partial charge is 0.416 e. The Bertz CT molecular complexity index is 1060. The summed E-state index contributed by atoms with van der Waals surface area (Å²) >= 11 is 6.00. The van der Waals surface area contributed by atoms with E-state index in [9.17, 15) is 18.0 Å². The van der Waals surface area contributed by atoms with E-state index in [1.807, 2.05) is 12.3 Å². The van der Waals surface area contributed by atoms with Crippen molar-refractivity contribution in [1.82, 2.24) is 15.6 Å². The van der Waals surface area contributed by atoms with Crippen molar-refractivity contribution in [3.05, 3.63) is 69.5 Å². The summed E-state index contributed by atoms with van der Waals surface area (Å²) in [7, 11) is 0. The molecular formula is C25H27ClF3N3O. The van der Waals surface area contributed by atoms with E-state index in [-0.39, 0.29) is 16.6 Å². The van der Waals surface area contributed by atoms with Gasteiger partial charge in [0.15, 0.2) is 0 Å². The first-order chi connectivity index (χ1) is 15.7. The molecule has 1 aromatic heterocycles. The molecule has 4 rings (SSSR count). The number of carbonyl (C=O) groups excluding carboxylic acids is 1. The molecule has 0 saturated heterocycles. The predicted octanol–water partition coefficient (Wildman–Crippen LogP) is 6.01. The SMILES string of the molecule is CC1=C(NCC2CCC(NC(=O)c3cc(C(F)(F)F)ccc3Cl)CC2)c2cccnc2CC1. The van der Waals surface area contributed by atoms with Gasteiger partial charge in [0.05, 0.1) is 16.1 Å². The lowest BCUT2D eigenvalue weighted by molar-refractivity contribution is -0.137. The van der Waals surface area contributed by atoms with Crippen LogP contribution in [-0.2, 0) is 12.6 Å². The molecule has 0 spiro atoms. The van der Waals surface area contributed by atoms with Crippen molar-refractivity contribution in [3.63, 3.8) is 0 Å². The van der Waals surface area contributed by atoms with Gasteiger partial charge in [0, 0.05) is 35.7 Å². The summed E-state index contributed by atoms with van der Waals surface area (Å²) in [6.45, 7) is 3.00. The highest BCUT2D eigenvalue weighted by molar-refractivity contribution is 6.33. The van der Waals surface area contributed by atoms with Crippen molar-refractivity contribution < 1.29 is 18.0 Å². The summed E-state index contributed by atoms with van der Waals surface area (Å²) in [4.78, 5) is 17.1. The number of fused-ring (bicyclic) bond motifs is 1. The number of halogens is 4. The van der Waals surface area contributed by atoms with Crippen molar-refractivity contribution in [2.45, 2.75) is 57.7 Å². The predicted molar refractivity (Wildman–Crippen MR) is 123 cm³/mol. The average molecular weight is 478 g/mol. The van der Waals surface area contributed by atoms with Crippen LogP contribution >= 0.6 is 11.6 Å². The van der Waals surface area contributed by atoms with Crippen LogP contribution in [0.15, 0.2) is 42.1 Å². The van der Waals surface area contributed by atoms with Gasteiger partial charge in [-0.3, -0.25) is 9.78 Å². The van der Waals surface area contributed by atoms with Crippen molar-refractivity contribution in [2.75, 3.05) is 6.54 Å². The highest BCUT2D eigenvalue weighted by Gasteiger charge is 2.32. The Kier molecular flexibility index (Phi) is 6.98. The maximum absolute atomic E-state index is 13.0. The molecule has 0 aliphatic heterocycles. The number of pyridine rings is 1. The number of nitrogens with one attached hydrogen (secondary N) is 2. The normalized spacial score (nSPS) is 20.9. The van der Waals surface area contributed by atoms with Crippen LogP contribution < -0.4 is 10.6 Å². The van der Waals surface area contributed by atoms with Gasteiger partial charge in [0.25, 0.3) is 5.91 Å². The summed E-state index contributed by atoms with van der Waals surface area (Å²) in [5.74, 6) is -0.0857. The van der Waals surface area contributed by atoms with Crippen LogP contribution in [0, 0.1) is 5.92 Å². The second kappa shape index (κ2) is 9.75. The van der Waals surface area contributed by atoms with Gasteiger partial charge >= 0.3 is 6.18 Å². The minimum Gasteiger partial charge on any atom is -0.384 e. The van der Waals surface area contributed by atoms with Crippen LogP contribution in [0.1, 0.15) is 66.2 Å². The topological polar surface area (TPSA) is 54.0 Å². The molecule has 1 saturated carbocycles. The van der Waals surface area contributed by atoms with Gasteiger partial charge in [-0.05, 0) is 87.3 Å². The van der Waals surface area contributed by atoms with E-state index >= 15 is 0 Å². The molecule has 2 aliphatic rings. The highest BCUT2D eigenvalue weighted by atomic mass is 35.5. The number of nitrogens with zero attached hydrogens (tertiary/aromatic N) is 1. The van der Waals surface area contributed by atoms with Crippen molar-refractivity contribution >= 4 is 23.2 Å². The first-order valence-corrected chi connectivity index (χ1v) is 11.7. The van der Waals surface area contributed by atoms with Gasteiger partial charge in [-0.2, -0.15) is 13.2 Å². The van der Waals surface area contributed by atoms with Gasteiger partial charge in [-0.1, -0.05) is 11.6 Å². The lowest BCUT2D eigenvalue weighted by Crippen LogP contribution is -2.39. The van der Waals surface area contributed by atoms with Crippen molar-refractivity contribution in [2.24, 2.45) is 5.92 Å². The fourth-order valence-electron chi connectivity index (χ4n) is 4.67. The lowest BCUT2D eigenvalue weighted by Gasteiger charge is -2.31. The van der Waals surface area contributed by atoms with E-state index in [0.29, 0.717) is 5.92 Å². The van der Waals surface area contributed by atoms with Crippen molar-refractivity contribution in [3.8, 4) is 0 Å². The molecule has 2 aromatic rings. The Hall–Kier alpha value is -2.54. The molecule has 4 nitrogen and oxygen atoms in total. The van der Waals surface area contributed by atoms with E-state index in [2.05, 4.69) is 28.6 Å². The number of rotatable bonds is 5. The van der Waals surface area contributed by atoms with Crippen molar-refractivity contribution in [1.29, 1.82) is 0 Å². The van der Waals surface area contributed by atoms with Crippen LogP contribution in [0.5, 0.6) is 0 Å².